The van der Waals surface area contributed by atoms with E-state index in [0.29, 0.717) is 5.01 Å². The minimum atomic E-state index is -0.673. The molecule has 27 heavy (non-hydrogen) atoms. The molecule has 0 aliphatic rings. The fraction of sp³-hybridized carbons (Fsp3) is 0.105. The molecule has 4 aromatic rings. The SMILES string of the molecule is COc1cccc(F)c1-c1nc(-c2c(C)nn3ccccc23)sc1C(N)=O. The van der Waals surface area contributed by atoms with Gasteiger partial charge in [0.2, 0.25) is 0 Å². The highest BCUT2D eigenvalue weighted by atomic mass is 32.1. The number of thiazole rings is 1. The molecule has 6 nitrogen and oxygen atoms in total. The number of pyridine rings is 1. The number of nitrogens with two attached hydrogens (primary N) is 1. The number of halogens is 1. The number of aryl methyl sites for hydroxylation is 1. The Hall–Kier alpha value is -3.26. The topological polar surface area (TPSA) is 82.5 Å². The van der Waals surface area contributed by atoms with Gasteiger partial charge in [-0.2, -0.15) is 5.10 Å². The maximum atomic E-state index is 14.6. The molecule has 0 saturated carbocycles. The van der Waals surface area contributed by atoms with Crippen LogP contribution >= 0.6 is 11.3 Å². The van der Waals surface area contributed by atoms with Gasteiger partial charge in [-0.3, -0.25) is 4.79 Å². The molecule has 0 unspecified atom stereocenters. The number of hydrogen-bond donors (Lipinski definition) is 1. The molecular weight excluding hydrogens is 367 g/mol. The van der Waals surface area contributed by atoms with Gasteiger partial charge < -0.3 is 10.5 Å². The molecule has 0 radical (unpaired) electrons. The summed E-state index contributed by atoms with van der Waals surface area (Å²) in [6, 6.07) is 10.1. The Balaban J connectivity index is 2.01. The van der Waals surface area contributed by atoms with Gasteiger partial charge in [0, 0.05) is 6.20 Å². The lowest BCUT2D eigenvalue weighted by Gasteiger charge is -2.08. The second-order valence-electron chi connectivity index (χ2n) is 5.87. The first-order valence-corrected chi connectivity index (χ1v) is 8.90. The molecule has 3 aromatic heterocycles. The van der Waals surface area contributed by atoms with Crippen molar-refractivity contribution in [2.45, 2.75) is 6.92 Å². The lowest BCUT2D eigenvalue weighted by atomic mass is 10.1. The number of benzene rings is 1. The number of amides is 1. The quantitative estimate of drug-likeness (QED) is 0.584. The largest absolute Gasteiger partial charge is 0.496 e. The van der Waals surface area contributed by atoms with Crippen LogP contribution in [0.15, 0.2) is 42.6 Å². The molecular formula is C19H15FN4O2S. The Morgan fingerprint density at radius 1 is 1.22 bits per heavy atom. The smallest absolute Gasteiger partial charge is 0.261 e. The predicted octanol–water partition coefficient (Wildman–Crippen LogP) is 3.68. The summed E-state index contributed by atoms with van der Waals surface area (Å²) in [6.45, 7) is 1.86. The van der Waals surface area contributed by atoms with Crippen molar-refractivity contribution in [3.8, 4) is 27.6 Å². The molecule has 136 valence electrons. The van der Waals surface area contributed by atoms with E-state index in [9.17, 15) is 9.18 Å². The van der Waals surface area contributed by atoms with Crippen molar-refractivity contribution in [2.24, 2.45) is 5.73 Å². The molecule has 0 aliphatic heterocycles. The number of carbonyl (C=O) groups is 1. The van der Waals surface area contributed by atoms with Gasteiger partial charge in [-0.05, 0) is 31.2 Å². The fourth-order valence-electron chi connectivity index (χ4n) is 3.05. The van der Waals surface area contributed by atoms with Crippen LogP contribution in [-0.2, 0) is 0 Å². The van der Waals surface area contributed by atoms with Gasteiger partial charge in [0.15, 0.2) is 0 Å². The van der Waals surface area contributed by atoms with Crippen molar-refractivity contribution in [2.75, 3.05) is 7.11 Å². The molecule has 0 saturated heterocycles. The molecule has 0 fully saturated rings. The maximum Gasteiger partial charge on any atom is 0.261 e. The standard InChI is InChI=1S/C19H15FN4O2S/c1-10-14(12-7-3-4-9-24(12)23-10)19-22-16(17(27-19)18(21)25)15-11(20)6-5-8-13(15)26-2/h3-9H,1-2H3,(H2,21,25). The van der Waals surface area contributed by atoms with Crippen LogP contribution in [0.3, 0.4) is 0 Å². The number of aromatic nitrogens is 3. The van der Waals surface area contributed by atoms with Crippen LogP contribution in [0, 0.1) is 12.7 Å². The van der Waals surface area contributed by atoms with Gasteiger partial charge in [-0.25, -0.2) is 13.9 Å². The first-order chi connectivity index (χ1) is 13.0. The Labute approximate surface area is 158 Å². The number of fused-ring (bicyclic) bond motifs is 1. The molecule has 1 amide bonds. The third kappa shape index (κ3) is 2.74. The van der Waals surface area contributed by atoms with Crippen LogP contribution in [0.4, 0.5) is 4.39 Å². The third-order valence-corrected chi connectivity index (χ3v) is 5.30. The first kappa shape index (κ1) is 17.2. The fourth-order valence-corrected chi connectivity index (χ4v) is 4.08. The molecule has 4 rings (SSSR count). The number of hydrogen-bond acceptors (Lipinski definition) is 5. The van der Waals surface area contributed by atoms with Crippen LogP contribution in [0.25, 0.3) is 27.3 Å². The van der Waals surface area contributed by atoms with Gasteiger partial charge in [0.25, 0.3) is 5.91 Å². The van der Waals surface area contributed by atoms with Gasteiger partial charge >= 0.3 is 0 Å². The van der Waals surface area contributed by atoms with Crippen molar-refractivity contribution >= 4 is 22.8 Å². The number of rotatable bonds is 4. The lowest BCUT2D eigenvalue weighted by Crippen LogP contribution is -2.10. The van der Waals surface area contributed by atoms with Gasteiger partial charge in [-0.1, -0.05) is 12.1 Å². The molecule has 0 bridgehead atoms. The van der Waals surface area contributed by atoms with Crippen LogP contribution in [-0.4, -0.2) is 27.6 Å². The first-order valence-electron chi connectivity index (χ1n) is 8.09. The monoisotopic (exact) mass is 382 g/mol. The maximum absolute atomic E-state index is 14.6. The molecule has 8 heteroatoms. The summed E-state index contributed by atoms with van der Waals surface area (Å²) < 4.78 is 21.6. The Morgan fingerprint density at radius 2 is 2.04 bits per heavy atom. The number of methoxy groups -OCH3 is 1. The second kappa shape index (κ2) is 6.48. The highest BCUT2D eigenvalue weighted by molar-refractivity contribution is 7.17. The number of primary amides is 1. The summed E-state index contributed by atoms with van der Waals surface area (Å²) in [6.07, 6.45) is 1.83. The second-order valence-corrected chi connectivity index (χ2v) is 6.87. The molecule has 0 spiro atoms. The van der Waals surface area contributed by atoms with Crippen molar-refractivity contribution in [3.05, 3.63) is 59.0 Å². The summed E-state index contributed by atoms with van der Waals surface area (Å²) in [5, 5.41) is 5.01. The van der Waals surface area contributed by atoms with Crippen molar-refractivity contribution in [1.29, 1.82) is 0 Å². The normalized spacial score (nSPS) is 11.1. The molecule has 0 atom stereocenters. The van der Waals surface area contributed by atoms with E-state index in [-0.39, 0.29) is 21.9 Å². The molecule has 1 aromatic carbocycles. The number of carbonyl (C=O) groups excluding carboxylic acids is 1. The highest BCUT2D eigenvalue weighted by Gasteiger charge is 2.25. The molecule has 0 aliphatic carbocycles. The van der Waals surface area contributed by atoms with E-state index in [1.165, 1.54) is 19.2 Å². The average Bonchev–Trinajstić information content (AvgIpc) is 3.21. The van der Waals surface area contributed by atoms with Crippen LogP contribution in [0.1, 0.15) is 15.4 Å². The van der Waals surface area contributed by atoms with E-state index in [1.54, 1.807) is 10.6 Å². The van der Waals surface area contributed by atoms with E-state index >= 15 is 0 Å². The van der Waals surface area contributed by atoms with E-state index < -0.39 is 11.7 Å². The average molecular weight is 382 g/mol. The summed E-state index contributed by atoms with van der Waals surface area (Å²) in [5.74, 6) is -0.926. The van der Waals surface area contributed by atoms with Crippen molar-refractivity contribution in [3.63, 3.8) is 0 Å². The third-order valence-electron chi connectivity index (χ3n) is 4.21. The minimum absolute atomic E-state index is 0.116. The van der Waals surface area contributed by atoms with Crippen molar-refractivity contribution in [1.82, 2.24) is 14.6 Å². The van der Waals surface area contributed by atoms with E-state index in [4.69, 9.17) is 10.5 Å². The Kier molecular flexibility index (Phi) is 4.12. The van der Waals surface area contributed by atoms with E-state index in [0.717, 1.165) is 28.1 Å². The van der Waals surface area contributed by atoms with E-state index in [2.05, 4.69) is 10.1 Å². The van der Waals surface area contributed by atoms with Crippen LogP contribution < -0.4 is 10.5 Å². The lowest BCUT2D eigenvalue weighted by molar-refractivity contribution is 0.100. The summed E-state index contributed by atoms with van der Waals surface area (Å²) in [4.78, 5) is 16.8. The zero-order valence-corrected chi connectivity index (χ0v) is 15.4. The van der Waals surface area contributed by atoms with Gasteiger partial charge in [0.1, 0.15) is 27.1 Å². The number of nitrogens with zero attached hydrogens (tertiary/aromatic N) is 3. The van der Waals surface area contributed by atoms with E-state index in [1.807, 2.05) is 31.3 Å². The van der Waals surface area contributed by atoms with Crippen LogP contribution in [0.2, 0.25) is 0 Å². The Bertz CT molecular complexity index is 1180. The van der Waals surface area contributed by atoms with Gasteiger partial charge in [-0.15, -0.1) is 11.3 Å². The molecule has 2 N–H and O–H groups in total. The van der Waals surface area contributed by atoms with Gasteiger partial charge in [0.05, 0.1) is 29.4 Å². The van der Waals surface area contributed by atoms with Crippen LogP contribution in [0.5, 0.6) is 5.75 Å². The zero-order chi connectivity index (χ0) is 19.1. The molecule has 3 heterocycles. The summed E-state index contributed by atoms with van der Waals surface area (Å²) >= 11 is 1.12. The number of ether oxygens (including phenoxy) is 1. The summed E-state index contributed by atoms with van der Waals surface area (Å²) in [5.41, 5.74) is 8.22. The Morgan fingerprint density at radius 3 is 2.78 bits per heavy atom. The predicted molar refractivity (Wildman–Crippen MR) is 102 cm³/mol. The minimum Gasteiger partial charge on any atom is -0.496 e. The van der Waals surface area contributed by atoms with Crippen molar-refractivity contribution < 1.29 is 13.9 Å². The summed E-state index contributed by atoms with van der Waals surface area (Å²) in [7, 11) is 1.44. The zero-order valence-electron chi connectivity index (χ0n) is 14.6. The highest BCUT2D eigenvalue weighted by Crippen LogP contribution is 2.40.